The summed E-state index contributed by atoms with van der Waals surface area (Å²) in [6.45, 7) is 6.22. The Kier molecular flexibility index (Phi) is 8.66. The Morgan fingerprint density at radius 2 is 1.90 bits per heavy atom. The first kappa shape index (κ1) is 23.5. The fourth-order valence-electron chi connectivity index (χ4n) is 4.14. The maximum atomic E-state index is 14.4. The average Bonchev–Trinajstić information content (AvgIpc) is 2.78. The molecule has 1 aliphatic rings. The molecule has 7 heteroatoms. The third kappa shape index (κ3) is 6.17. The number of hydrogen-bond donors (Lipinski definition) is 2. The van der Waals surface area contributed by atoms with E-state index in [9.17, 15) is 14.6 Å². The molecular weight excluding hydrogens is 399 g/mol. The molecule has 0 bridgehead atoms. The van der Waals surface area contributed by atoms with Crippen LogP contribution >= 0.6 is 0 Å². The second-order valence-corrected chi connectivity index (χ2v) is 7.86. The third-order valence-electron chi connectivity index (χ3n) is 5.79. The molecule has 0 aliphatic carbocycles. The predicted molar refractivity (Wildman–Crippen MR) is 118 cm³/mol. The first-order valence-electron chi connectivity index (χ1n) is 10.8. The van der Waals surface area contributed by atoms with Crippen molar-refractivity contribution in [3.8, 4) is 11.5 Å². The van der Waals surface area contributed by atoms with Gasteiger partial charge in [0, 0.05) is 62.6 Å². The van der Waals surface area contributed by atoms with E-state index in [0.29, 0.717) is 30.9 Å². The number of aliphatic hydroxyl groups is 2. The van der Waals surface area contributed by atoms with Gasteiger partial charge in [0.2, 0.25) is 0 Å². The van der Waals surface area contributed by atoms with Crippen LogP contribution in [0.2, 0.25) is 0 Å². The number of aliphatic hydroxyl groups excluding tert-OH is 2. The number of hydrogen-bond acceptors (Lipinski definition) is 6. The van der Waals surface area contributed by atoms with Crippen LogP contribution < -0.4 is 9.47 Å². The van der Waals surface area contributed by atoms with Gasteiger partial charge in [-0.05, 0) is 37.1 Å². The Morgan fingerprint density at radius 1 is 1.06 bits per heavy atom. The van der Waals surface area contributed by atoms with Crippen molar-refractivity contribution < 1.29 is 24.1 Å². The van der Waals surface area contributed by atoms with Crippen LogP contribution in [-0.2, 0) is 19.7 Å². The SMILES string of the molecule is CCOc1ccc(CN2CCN(Cc3ccc(OC)cc3F)[C@@H](CCO)C2)cc1CO. The molecule has 6 nitrogen and oxygen atoms in total. The summed E-state index contributed by atoms with van der Waals surface area (Å²) >= 11 is 0. The lowest BCUT2D eigenvalue weighted by Crippen LogP contribution is -2.52. The lowest BCUT2D eigenvalue weighted by molar-refractivity contribution is 0.0492. The van der Waals surface area contributed by atoms with Gasteiger partial charge in [-0.15, -0.1) is 0 Å². The highest BCUT2D eigenvalue weighted by Gasteiger charge is 2.27. The van der Waals surface area contributed by atoms with Gasteiger partial charge >= 0.3 is 0 Å². The zero-order chi connectivity index (χ0) is 22.2. The Bertz CT molecular complexity index is 848. The number of piperazine rings is 1. The molecular formula is C24H33FN2O4. The third-order valence-corrected chi connectivity index (χ3v) is 5.79. The molecule has 2 N–H and O–H groups in total. The van der Waals surface area contributed by atoms with Gasteiger partial charge in [0.05, 0.1) is 20.3 Å². The summed E-state index contributed by atoms with van der Waals surface area (Å²) in [5, 5.41) is 19.2. The molecule has 1 fully saturated rings. The highest BCUT2D eigenvalue weighted by Crippen LogP contribution is 2.24. The fraction of sp³-hybridized carbons (Fsp3) is 0.500. The molecule has 0 saturated carbocycles. The van der Waals surface area contributed by atoms with Gasteiger partial charge in [-0.2, -0.15) is 0 Å². The second-order valence-electron chi connectivity index (χ2n) is 7.86. The summed E-state index contributed by atoms with van der Waals surface area (Å²) in [4.78, 5) is 4.59. The lowest BCUT2D eigenvalue weighted by atomic mass is 10.0. The van der Waals surface area contributed by atoms with E-state index >= 15 is 0 Å². The maximum Gasteiger partial charge on any atom is 0.131 e. The van der Waals surface area contributed by atoms with Gasteiger partial charge in [-0.3, -0.25) is 9.80 Å². The maximum absolute atomic E-state index is 14.4. The van der Waals surface area contributed by atoms with E-state index in [4.69, 9.17) is 9.47 Å². The molecule has 170 valence electrons. The van der Waals surface area contributed by atoms with Crippen LogP contribution in [0.1, 0.15) is 30.0 Å². The van der Waals surface area contributed by atoms with E-state index in [1.165, 1.54) is 13.2 Å². The van der Waals surface area contributed by atoms with E-state index in [2.05, 4.69) is 9.80 Å². The van der Waals surface area contributed by atoms with Crippen molar-refractivity contribution >= 4 is 0 Å². The monoisotopic (exact) mass is 432 g/mol. The quantitative estimate of drug-likeness (QED) is 0.602. The van der Waals surface area contributed by atoms with Crippen LogP contribution in [0, 0.1) is 5.82 Å². The summed E-state index contributed by atoms with van der Waals surface area (Å²) in [7, 11) is 1.53. The Balaban J connectivity index is 1.65. The number of methoxy groups -OCH3 is 1. The first-order chi connectivity index (χ1) is 15.1. The zero-order valence-corrected chi connectivity index (χ0v) is 18.4. The van der Waals surface area contributed by atoms with Crippen molar-refractivity contribution in [2.24, 2.45) is 0 Å². The summed E-state index contributed by atoms with van der Waals surface area (Å²) in [5.41, 5.74) is 2.54. The molecule has 3 rings (SSSR count). The molecule has 2 aromatic rings. The van der Waals surface area contributed by atoms with Gasteiger partial charge < -0.3 is 19.7 Å². The average molecular weight is 433 g/mol. The van der Waals surface area contributed by atoms with E-state index in [1.54, 1.807) is 12.1 Å². The number of benzene rings is 2. The number of halogens is 1. The molecule has 1 saturated heterocycles. The zero-order valence-electron chi connectivity index (χ0n) is 18.4. The van der Waals surface area contributed by atoms with E-state index in [0.717, 1.165) is 43.1 Å². The molecule has 0 aromatic heterocycles. The van der Waals surface area contributed by atoms with Crippen molar-refractivity contribution in [1.82, 2.24) is 9.80 Å². The van der Waals surface area contributed by atoms with Gasteiger partial charge in [-0.25, -0.2) is 4.39 Å². The van der Waals surface area contributed by atoms with Crippen LogP contribution in [0.3, 0.4) is 0 Å². The summed E-state index contributed by atoms with van der Waals surface area (Å²) < 4.78 is 25.1. The van der Waals surface area contributed by atoms with Gasteiger partial charge in [0.1, 0.15) is 17.3 Å². The highest BCUT2D eigenvalue weighted by atomic mass is 19.1. The molecule has 0 radical (unpaired) electrons. The number of rotatable bonds is 10. The van der Waals surface area contributed by atoms with Gasteiger partial charge in [0.25, 0.3) is 0 Å². The minimum atomic E-state index is -0.268. The summed E-state index contributed by atoms with van der Waals surface area (Å²) in [6.07, 6.45) is 0.638. The van der Waals surface area contributed by atoms with Gasteiger partial charge in [-0.1, -0.05) is 12.1 Å². The molecule has 0 unspecified atom stereocenters. The molecule has 0 amide bonds. The van der Waals surface area contributed by atoms with E-state index in [1.807, 2.05) is 25.1 Å². The number of ether oxygens (including phenoxy) is 2. The molecule has 31 heavy (non-hydrogen) atoms. The van der Waals surface area contributed by atoms with Crippen LogP contribution in [-0.4, -0.2) is 66.0 Å². The minimum Gasteiger partial charge on any atom is -0.497 e. The minimum absolute atomic E-state index is 0.0580. The number of nitrogens with zero attached hydrogens (tertiary/aromatic N) is 2. The van der Waals surface area contributed by atoms with Crippen molar-refractivity contribution in [3.63, 3.8) is 0 Å². The molecule has 1 aliphatic heterocycles. The predicted octanol–water partition coefficient (Wildman–Crippen LogP) is 2.79. The van der Waals surface area contributed by atoms with Crippen LogP contribution in [0.25, 0.3) is 0 Å². The first-order valence-corrected chi connectivity index (χ1v) is 10.8. The summed E-state index contributed by atoms with van der Waals surface area (Å²) in [5.74, 6) is 0.962. The molecule has 1 heterocycles. The standard InChI is InChI=1S/C24H33FN2O4/c1-3-31-24-7-4-18(12-20(24)17-29)14-26-9-10-27(21(16-26)8-11-28)15-19-5-6-22(30-2)13-23(19)25/h4-7,12-13,21,28-29H,3,8-11,14-17H2,1-2H3/t21-/m0/s1. The Labute approximate surface area is 183 Å². The summed E-state index contributed by atoms with van der Waals surface area (Å²) in [6, 6.07) is 11.0. The van der Waals surface area contributed by atoms with E-state index < -0.39 is 0 Å². The van der Waals surface area contributed by atoms with Crippen LogP contribution in [0.4, 0.5) is 4.39 Å². The smallest absolute Gasteiger partial charge is 0.131 e. The van der Waals surface area contributed by atoms with Crippen LogP contribution in [0.5, 0.6) is 11.5 Å². The van der Waals surface area contributed by atoms with E-state index in [-0.39, 0.29) is 25.1 Å². The normalized spacial score (nSPS) is 17.6. The van der Waals surface area contributed by atoms with Crippen molar-refractivity contribution in [2.45, 2.75) is 39.1 Å². The van der Waals surface area contributed by atoms with Crippen LogP contribution in [0.15, 0.2) is 36.4 Å². The highest BCUT2D eigenvalue weighted by molar-refractivity contribution is 5.37. The van der Waals surface area contributed by atoms with Gasteiger partial charge in [0.15, 0.2) is 0 Å². The Hall–Kier alpha value is -2.19. The van der Waals surface area contributed by atoms with Crippen molar-refractivity contribution in [1.29, 1.82) is 0 Å². The lowest BCUT2D eigenvalue weighted by Gasteiger charge is -2.41. The van der Waals surface area contributed by atoms with Crippen molar-refractivity contribution in [3.05, 3.63) is 58.9 Å². The fourth-order valence-corrected chi connectivity index (χ4v) is 4.14. The molecule has 0 spiro atoms. The largest absolute Gasteiger partial charge is 0.497 e. The van der Waals surface area contributed by atoms with Crippen molar-refractivity contribution in [2.75, 3.05) is 40.0 Å². The molecule has 1 atom stereocenters. The topological polar surface area (TPSA) is 65.4 Å². The Morgan fingerprint density at radius 3 is 2.58 bits per heavy atom. The second kappa shape index (κ2) is 11.4. The molecule has 2 aromatic carbocycles.